The Balaban J connectivity index is 1.89. The van der Waals surface area contributed by atoms with E-state index >= 15 is 0 Å². The van der Waals surface area contributed by atoms with E-state index in [9.17, 15) is 5.11 Å². The van der Waals surface area contributed by atoms with Crippen LogP contribution in [0.15, 0.2) is 24.3 Å². The van der Waals surface area contributed by atoms with Gasteiger partial charge in [0.1, 0.15) is 5.75 Å². The van der Waals surface area contributed by atoms with Crippen LogP contribution >= 0.6 is 0 Å². The lowest BCUT2D eigenvalue weighted by atomic mass is 9.77. The lowest BCUT2D eigenvalue weighted by molar-refractivity contribution is 0.302. The molecule has 0 bridgehead atoms. The van der Waals surface area contributed by atoms with Crippen molar-refractivity contribution in [2.45, 2.75) is 44.4 Å². The van der Waals surface area contributed by atoms with E-state index in [1.54, 1.807) is 6.07 Å². The van der Waals surface area contributed by atoms with Crippen LogP contribution in [0.5, 0.6) is 5.75 Å². The second kappa shape index (κ2) is 6.06. The number of hydrogen-bond donors (Lipinski definition) is 2. The molecule has 1 aliphatic rings. The summed E-state index contributed by atoms with van der Waals surface area (Å²) >= 11 is 0. The summed E-state index contributed by atoms with van der Waals surface area (Å²) in [6.45, 7) is 0.819. The van der Waals surface area contributed by atoms with Crippen LogP contribution in [0.2, 0.25) is 0 Å². The largest absolute Gasteiger partial charge is 0.508 e. The summed E-state index contributed by atoms with van der Waals surface area (Å²) in [5.74, 6) is 1.89. The maximum absolute atomic E-state index is 9.85. The highest BCUT2D eigenvalue weighted by Crippen LogP contribution is 2.40. The average molecular weight is 233 g/mol. The van der Waals surface area contributed by atoms with Gasteiger partial charge in [-0.3, -0.25) is 0 Å². The highest BCUT2D eigenvalue weighted by atomic mass is 16.3. The summed E-state index contributed by atoms with van der Waals surface area (Å²) in [6, 6.07) is 7.79. The zero-order valence-electron chi connectivity index (χ0n) is 10.4. The van der Waals surface area contributed by atoms with Gasteiger partial charge in [-0.15, -0.1) is 0 Å². The molecule has 1 aromatic carbocycles. The van der Waals surface area contributed by atoms with Crippen molar-refractivity contribution in [2.75, 3.05) is 6.54 Å². The molecule has 1 aromatic rings. The summed E-state index contributed by atoms with van der Waals surface area (Å²) in [7, 11) is 0. The van der Waals surface area contributed by atoms with Crippen molar-refractivity contribution in [2.24, 2.45) is 11.7 Å². The van der Waals surface area contributed by atoms with Crippen molar-refractivity contribution in [1.82, 2.24) is 0 Å². The van der Waals surface area contributed by atoms with Crippen molar-refractivity contribution < 1.29 is 5.11 Å². The molecule has 1 saturated carbocycles. The Morgan fingerprint density at radius 2 is 1.82 bits per heavy atom. The first-order chi connectivity index (χ1) is 8.31. The molecule has 17 heavy (non-hydrogen) atoms. The Kier molecular flexibility index (Phi) is 4.43. The number of aromatic hydroxyl groups is 1. The number of phenolic OH excluding ortho intramolecular Hbond substituents is 1. The Hall–Kier alpha value is -1.02. The van der Waals surface area contributed by atoms with Crippen molar-refractivity contribution in [3.05, 3.63) is 29.8 Å². The standard InChI is InChI=1S/C15H23NO/c16-11-3-4-12-7-9-13(10-8-12)14-5-1-2-6-15(14)17/h1-2,5-6,12-13,17H,3-4,7-11,16H2. The fourth-order valence-electron chi connectivity index (χ4n) is 3.00. The van der Waals surface area contributed by atoms with Gasteiger partial charge in [-0.1, -0.05) is 18.2 Å². The Morgan fingerprint density at radius 1 is 1.12 bits per heavy atom. The number of para-hydroxylation sites is 1. The smallest absolute Gasteiger partial charge is 0.119 e. The van der Waals surface area contributed by atoms with E-state index in [1.165, 1.54) is 32.1 Å². The number of benzene rings is 1. The minimum atomic E-state index is 0.470. The molecule has 2 rings (SSSR count). The lowest BCUT2D eigenvalue weighted by Gasteiger charge is -2.29. The predicted octanol–water partition coefficient (Wildman–Crippen LogP) is 3.40. The Labute approximate surface area is 104 Å². The summed E-state index contributed by atoms with van der Waals surface area (Å²) in [6.07, 6.45) is 7.45. The normalized spacial score (nSPS) is 24.8. The second-order valence-corrected chi connectivity index (χ2v) is 5.21. The molecule has 0 aromatic heterocycles. The van der Waals surface area contributed by atoms with E-state index in [-0.39, 0.29) is 0 Å². The van der Waals surface area contributed by atoms with E-state index in [0.29, 0.717) is 11.7 Å². The average Bonchev–Trinajstić information content (AvgIpc) is 2.38. The van der Waals surface area contributed by atoms with Crippen LogP contribution in [0, 0.1) is 5.92 Å². The SMILES string of the molecule is NCCCC1CCC(c2ccccc2O)CC1. The fourth-order valence-corrected chi connectivity index (χ4v) is 3.00. The van der Waals surface area contributed by atoms with Gasteiger partial charge in [-0.2, -0.15) is 0 Å². The molecule has 0 saturated heterocycles. The molecule has 0 atom stereocenters. The van der Waals surface area contributed by atoms with Gasteiger partial charge < -0.3 is 10.8 Å². The minimum Gasteiger partial charge on any atom is -0.508 e. The van der Waals surface area contributed by atoms with Gasteiger partial charge in [0.25, 0.3) is 0 Å². The molecular formula is C15H23NO. The molecule has 0 amide bonds. The third kappa shape index (κ3) is 3.22. The molecule has 1 aliphatic carbocycles. The molecule has 0 unspecified atom stereocenters. The van der Waals surface area contributed by atoms with Crippen LogP contribution in [0.3, 0.4) is 0 Å². The molecule has 1 fully saturated rings. The van der Waals surface area contributed by atoms with Gasteiger partial charge in [-0.25, -0.2) is 0 Å². The quantitative estimate of drug-likeness (QED) is 0.837. The third-order valence-electron chi connectivity index (χ3n) is 4.04. The van der Waals surface area contributed by atoms with Gasteiger partial charge >= 0.3 is 0 Å². The maximum Gasteiger partial charge on any atom is 0.119 e. The summed E-state index contributed by atoms with van der Waals surface area (Å²) in [5.41, 5.74) is 6.69. The highest BCUT2D eigenvalue weighted by molar-refractivity contribution is 5.35. The van der Waals surface area contributed by atoms with Gasteiger partial charge in [0.15, 0.2) is 0 Å². The van der Waals surface area contributed by atoms with E-state index in [0.717, 1.165) is 24.4 Å². The van der Waals surface area contributed by atoms with E-state index in [1.807, 2.05) is 12.1 Å². The Morgan fingerprint density at radius 3 is 2.47 bits per heavy atom. The van der Waals surface area contributed by atoms with Crippen molar-refractivity contribution >= 4 is 0 Å². The van der Waals surface area contributed by atoms with Crippen LogP contribution < -0.4 is 5.73 Å². The van der Waals surface area contributed by atoms with Gasteiger partial charge in [-0.05, 0) is 68.5 Å². The topological polar surface area (TPSA) is 46.2 Å². The molecule has 2 nitrogen and oxygen atoms in total. The third-order valence-corrected chi connectivity index (χ3v) is 4.04. The van der Waals surface area contributed by atoms with E-state index in [2.05, 4.69) is 6.07 Å². The Bertz CT molecular complexity index is 343. The van der Waals surface area contributed by atoms with Crippen molar-refractivity contribution in [3.63, 3.8) is 0 Å². The van der Waals surface area contributed by atoms with E-state index < -0.39 is 0 Å². The molecule has 94 valence electrons. The monoisotopic (exact) mass is 233 g/mol. The summed E-state index contributed by atoms with van der Waals surface area (Å²) in [5, 5.41) is 9.85. The predicted molar refractivity (Wildman–Crippen MR) is 71.1 cm³/mol. The fraction of sp³-hybridized carbons (Fsp3) is 0.600. The molecule has 0 heterocycles. The van der Waals surface area contributed by atoms with Gasteiger partial charge in [0.2, 0.25) is 0 Å². The zero-order valence-corrected chi connectivity index (χ0v) is 10.4. The second-order valence-electron chi connectivity index (χ2n) is 5.21. The molecule has 0 radical (unpaired) electrons. The number of nitrogens with two attached hydrogens (primary N) is 1. The van der Waals surface area contributed by atoms with Crippen LogP contribution in [0.4, 0.5) is 0 Å². The van der Waals surface area contributed by atoms with Gasteiger partial charge in [0.05, 0.1) is 0 Å². The molecular weight excluding hydrogens is 210 g/mol. The van der Waals surface area contributed by atoms with Crippen molar-refractivity contribution in [1.29, 1.82) is 0 Å². The van der Waals surface area contributed by atoms with Crippen LogP contribution in [0.25, 0.3) is 0 Å². The summed E-state index contributed by atoms with van der Waals surface area (Å²) in [4.78, 5) is 0. The van der Waals surface area contributed by atoms with Crippen molar-refractivity contribution in [3.8, 4) is 5.75 Å². The maximum atomic E-state index is 9.85. The molecule has 3 N–H and O–H groups in total. The minimum absolute atomic E-state index is 0.470. The number of phenols is 1. The van der Waals surface area contributed by atoms with Crippen LogP contribution in [0.1, 0.15) is 50.0 Å². The first-order valence-electron chi connectivity index (χ1n) is 6.79. The number of rotatable bonds is 4. The lowest BCUT2D eigenvalue weighted by Crippen LogP contribution is -2.14. The first kappa shape index (κ1) is 12.4. The summed E-state index contributed by atoms with van der Waals surface area (Å²) < 4.78 is 0. The number of hydrogen-bond acceptors (Lipinski definition) is 2. The molecule has 2 heteroatoms. The van der Waals surface area contributed by atoms with Crippen LogP contribution in [-0.2, 0) is 0 Å². The molecule has 0 aliphatic heterocycles. The first-order valence-corrected chi connectivity index (χ1v) is 6.79. The van der Waals surface area contributed by atoms with Crippen LogP contribution in [-0.4, -0.2) is 11.7 Å². The molecule has 0 spiro atoms. The van der Waals surface area contributed by atoms with Gasteiger partial charge in [0, 0.05) is 0 Å². The highest BCUT2D eigenvalue weighted by Gasteiger charge is 2.23. The van der Waals surface area contributed by atoms with E-state index in [4.69, 9.17) is 5.73 Å². The zero-order chi connectivity index (χ0) is 12.1.